The number of nitrogens with zero attached hydrogens (tertiary/aromatic N) is 1. The number of hydrogen-bond acceptors (Lipinski definition) is 2. The maximum atomic E-state index is 4.39. The Morgan fingerprint density at radius 3 is 2.50 bits per heavy atom. The first-order valence-corrected chi connectivity index (χ1v) is 6.81. The Kier molecular flexibility index (Phi) is 4.32. The minimum absolute atomic E-state index is 0.388. The van der Waals surface area contributed by atoms with E-state index in [2.05, 4.69) is 48.4 Å². The second-order valence-corrected chi connectivity index (χ2v) is 4.79. The zero-order valence-electron chi connectivity index (χ0n) is 11.5. The zero-order chi connectivity index (χ0) is 13.0. The van der Waals surface area contributed by atoms with Gasteiger partial charge in [0.25, 0.3) is 0 Å². The van der Waals surface area contributed by atoms with Gasteiger partial charge in [0, 0.05) is 23.8 Å². The Morgan fingerprint density at radius 2 is 1.83 bits per heavy atom. The molecule has 2 rings (SSSR count). The molecule has 0 spiro atoms. The molecule has 0 fully saturated rings. The highest BCUT2D eigenvalue weighted by atomic mass is 14.9. The van der Waals surface area contributed by atoms with E-state index in [-0.39, 0.29) is 0 Å². The van der Waals surface area contributed by atoms with Crippen LogP contribution in [0.25, 0.3) is 10.8 Å². The van der Waals surface area contributed by atoms with Gasteiger partial charge in [-0.3, -0.25) is 4.98 Å². The normalized spacial score (nSPS) is 13.1. The molecule has 2 nitrogen and oxygen atoms in total. The minimum Gasteiger partial charge on any atom is -0.313 e. The summed E-state index contributed by atoms with van der Waals surface area (Å²) in [6.45, 7) is 4.52. The Balaban J connectivity index is 2.51. The van der Waals surface area contributed by atoms with Crippen LogP contribution in [0.5, 0.6) is 0 Å². The van der Waals surface area contributed by atoms with Crippen molar-refractivity contribution in [2.75, 3.05) is 7.05 Å². The van der Waals surface area contributed by atoms with Gasteiger partial charge in [-0.2, -0.15) is 0 Å². The fraction of sp³-hybridized carbons (Fsp3) is 0.438. The molecule has 0 bridgehead atoms. The van der Waals surface area contributed by atoms with Crippen molar-refractivity contribution in [1.82, 2.24) is 10.3 Å². The molecule has 1 unspecified atom stereocenters. The van der Waals surface area contributed by atoms with E-state index >= 15 is 0 Å². The summed E-state index contributed by atoms with van der Waals surface area (Å²) in [6, 6.07) is 8.88. The van der Waals surface area contributed by atoms with Crippen molar-refractivity contribution >= 4 is 10.8 Å². The summed E-state index contributed by atoms with van der Waals surface area (Å²) in [5.41, 5.74) is 1.32. The molecule has 0 amide bonds. The van der Waals surface area contributed by atoms with Crippen molar-refractivity contribution < 1.29 is 0 Å². The molecule has 0 radical (unpaired) electrons. The number of pyridine rings is 1. The molecular formula is C16H22N2. The molecule has 1 atom stereocenters. The first kappa shape index (κ1) is 13.0. The lowest BCUT2D eigenvalue weighted by Gasteiger charge is -2.26. The van der Waals surface area contributed by atoms with Gasteiger partial charge < -0.3 is 5.32 Å². The predicted molar refractivity (Wildman–Crippen MR) is 77.6 cm³/mol. The predicted octanol–water partition coefficient (Wildman–Crippen LogP) is 3.93. The molecule has 1 aromatic heterocycles. The largest absolute Gasteiger partial charge is 0.313 e. The molecule has 0 aliphatic carbocycles. The number of hydrogen-bond donors (Lipinski definition) is 1. The molecule has 1 N–H and O–H groups in total. The van der Waals surface area contributed by atoms with Crippen LogP contribution in [0, 0.1) is 5.92 Å². The van der Waals surface area contributed by atoms with Crippen molar-refractivity contribution in [2.45, 2.75) is 32.7 Å². The minimum atomic E-state index is 0.388. The molecule has 1 aromatic carbocycles. The first-order valence-electron chi connectivity index (χ1n) is 6.81. The fourth-order valence-electron chi connectivity index (χ4n) is 2.79. The van der Waals surface area contributed by atoms with Gasteiger partial charge in [0.1, 0.15) is 0 Å². The SMILES string of the molecule is CCC(CC)C(NC)c1cncc2ccccc12. The standard InChI is InChI=1S/C16H22N2/c1-4-12(5-2)16(17-3)15-11-18-10-13-8-6-7-9-14(13)15/h6-12,16-17H,4-5H2,1-3H3. The third-order valence-corrected chi connectivity index (χ3v) is 3.87. The highest BCUT2D eigenvalue weighted by Gasteiger charge is 2.20. The number of nitrogens with one attached hydrogen (secondary N) is 1. The highest BCUT2D eigenvalue weighted by Crippen LogP contribution is 2.31. The molecule has 0 saturated carbocycles. The van der Waals surface area contributed by atoms with Gasteiger partial charge in [-0.05, 0) is 23.9 Å². The summed E-state index contributed by atoms with van der Waals surface area (Å²) in [6.07, 6.45) is 6.33. The maximum absolute atomic E-state index is 4.39. The highest BCUT2D eigenvalue weighted by molar-refractivity contribution is 5.85. The molecule has 2 heteroatoms. The molecule has 0 aliphatic heterocycles. The molecular weight excluding hydrogens is 220 g/mol. The third kappa shape index (κ3) is 2.39. The van der Waals surface area contributed by atoms with Gasteiger partial charge in [0.2, 0.25) is 0 Å². The lowest BCUT2D eigenvalue weighted by Crippen LogP contribution is -2.25. The van der Waals surface area contributed by atoms with Crippen molar-refractivity contribution in [3.63, 3.8) is 0 Å². The quantitative estimate of drug-likeness (QED) is 0.859. The molecule has 2 aromatic rings. The number of benzene rings is 1. The van der Waals surface area contributed by atoms with Crippen LogP contribution >= 0.6 is 0 Å². The van der Waals surface area contributed by atoms with Crippen LogP contribution in [0.1, 0.15) is 38.3 Å². The molecule has 18 heavy (non-hydrogen) atoms. The van der Waals surface area contributed by atoms with Crippen LogP contribution in [0.2, 0.25) is 0 Å². The first-order chi connectivity index (χ1) is 8.81. The number of fused-ring (bicyclic) bond motifs is 1. The summed E-state index contributed by atoms with van der Waals surface area (Å²) >= 11 is 0. The van der Waals surface area contributed by atoms with Gasteiger partial charge in [-0.15, -0.1) is 0 Å². The monoisotopic (exact) mass is 242 g/mol. The summed E-state index contributed by atoms with van der Waals surface area (Å²) in [5.74, 6) is 0.655. The van der Waals surface area contributed by atoms with Crippen LogP contribution in [-0.2, 0) is 0 Å². The van der Waals surface area contributed by atoms with Crippen LogP contribution in [0.15, 0.2) is 36.7 Å². The van der Waals surface area contributed by atoms with Crippen LogP contribution < -0.4 is 5.32 Å². The summed E-state index contributed by atoms with van der Waals surface area (Å²) in [4.78, 5) is 4.39. The Morgan fingerprint density at radius 1 is 1.11 bits per heavy atom. The van der Waals surface area contributed by atoms with Crippen molar-refractivity contribution in [2.24, 2.45) is 5.92 Å². The third-order valence-electron chi connectivity index (χ3n) is 3.87. The van der Waals surface area contributed by atoms with E-state index < -0.39 is 0 Å². The van der Waals surface area contributed by atoms with E-state index in [9.17, 15) is 0 Å². The van der Waals surface area contributed by atoms with Crippen LogP contribution in [-0.4, -0.2) is 12.0 Å². The second kappa shape index (κ2) is 5.96. The second-order valence-electron chi connectivity index (χ2n) is 4.79. The van der Waals surface area contributed by atoms with Gasteiger partial charge >= 0.3 is 0 Å². The Hall–Kier alpha value is -1.41. The Labute approximate surface area is 109 Å². The zero-order valence-corrected chi connectivity index (χ0v) is 11.5. The van der Waals surface area contributed by atoms with Gasteiger partial charge in [0.05, 0.1) is 0 Å². The summed E-state index contributed by atoms with van der Waals surface area (Å²) < 4.78 is 0. The van der Waals surface area contributed by atoms with Crippen molar-refractivity contribution in [3.8, 4) is 0 Å². The molecule has 1 heterocycles. The number of aromatic nitrogens is 1. The van der Waals surface area contributed by atoms with Crippen LogP contribution in [0.3, 0.4) is 0 Å². The summed E-state index contributed by atoms with van der Waals surface area (Å²) in [7, 11) is 2.05. The van der Waals surface area contributed by atoms with Gasteiger partial charge in [-0.25, -0.2) is 0 Å². The lowest BCUT2D eigenvalue weighted by atomic mass is 9.87. The topological polar surface area (TPSA) is 24.9 Å². The van der Waals surface area contributed by atoms with E-state index in [1.54, 1.807) is 0 Å². The average Bonchev–Trinajstić information content (AvgIpc) is 2.44. The van der Waals surface area contributed by atoms with E-state index in [1.807, 2.05) is 19.4 Å². The van der Waals surface area contributed by atoms with Crippen molar-refractivity contribution in [3.05, 3.63) is 42.2 Å². The van der Waals surface area contributed by atoms with E-state index in [4.69, 9.17) is 0 Å². The molecule has 96 valence electrons. The lowest BCUT2D eigenvalue weighted by molar-refractivity contribution is 0.361. The van der Waals surface area contributed by atoms with E-state index in [0.29, 0.717) is 12.0 Å². The molecule has 0 saturated heterocycles. The summed E-state index contributed by atoms with van der Waals surface area (Å²) in [5, 5.41) is 6.01. The number of rotatable bonds is 5. The van der Waals surface area contributed by atoms with Gasteiger partial charge in [0.15, 0.2) is 0 Å². The van der Waals surface area contributed by atoms with E-state index in [0.717, 1.165) is 0 Å². The smallest absolute Gasteiger partial charge is 0.0367 e. The van der Waals surface area contributed by atoms with Crippen molar-refractivity contribution in [1.29, 1.82) is 0 Å². The molecule has 0 aliphatic rings. The van der Waals surface area contributed by atoms with Crippen LogP contribution in [0.4, 0.5) is 0 Å². The maximum Gasteiger partial charge on any atom is 0.0367 e. The Bertz CT molecular complexity index is 498. The van der Waals surface area contributed by atoms with Gasteiger partial charge in [-0.1, -0.05) is 51.0 Å². The fourth-order valence-corrected chi connectivity index (χ4v) is 2.79. The van der Waals surface area contributed by atoms with E-state index in [1.165, 1.54) is 29.2 Å². The average molecular weight is 242 g/mol.